The first-order valence-corrected chi connectivity index (χ1v) is 14.7. The highest BCUT2D eigenvalue weighted by Crippen LogP contribution is 2.67. The summed E-state index contributed by atoms with van der Waals surface area (Å²) in [5.74, 6) is 10.1. The van der Waals surface area contributed by atoms with E-state index in [9.17, 15) is 9.90 Å². The largest absolute Gasteiger partial charge is 0.469 e. The Bertz CT molecular complexity index is 779. The highest BCUT2D eigenvalue weighted by Gasteiger charge is 2.61. The maximum Gasteiger partial charge on any atom is 0.311 e. The molecule has 0 aromatic heterocycles. The molecule has 0 radical (unpaired) electrons. The molecule has 34 heavy (non-hydrogen) atoms. The van der Waals surface area contributed by atoms with Crippen LogP contribution >= 0.6 is 0 Å². The number of aliphatic hydroxyl groups is 1. The average Bonchev–Trinajstić information content (AvgIpc) is 2.77. The molecule has 0 aromatic carbocycles. The Labute approximate surface area is 209 Å². The SMILES string of the molecule is COC(=O)C1(C)CC2C(C[C@@H](C)C3C4C[C@@H](C)C5C(C)C(O)C[C@H](C)C5C4C[C@@H](C)C23)[C@H](C)C1. The minimum atomic E-state index is -0.314. The van der Waals surface area contributed by atoms with Gasteiger partial charge in [0.2, 0.25) is 0 Å². The summed E-state index contributed by atoms with van der Waals surface area (Å²) in [4.78, 5) is 12.9. The Morgan fingerprint density at radius 1 is 0.676 bits per heavy atom. The number of fused-ring (bicyclic) bond motifs is 7. The zero-order valence-electron chi connectivity index (χ0n) is 23.2. The average molecular weight is 473 g/mol. The van der Waals surface area contributed by atoms with Crippen molar-refractivity contribution in [2.75, 3.05) is 7.11 Å². The van der Waals surface area contributed by atoms with Crippen molar-refractivity contribution in [2.24, 2.45) is 88.3 Å². The summed E-state index contributed by atoms with van der Waals surface area (Å²) in [6, 6.07) is 0. The fourth-order valence-electron chi connectivity index (χ4n) is 11.8. The Morgan fingerprint density at radius 3 is 1.74 bits per heavy atom. The quantitative estimate of drug-likeness (QED) is 0.433. The molecule has 5 saturated carbocycles. The van der Waals surface area contributed by atoms with Gasteiger partial charge in [-0.3, -0.25) is 4.79 Å². The van der Waals surface area contributed by atoms with Gasteiger partial charge in [-0.15, -0.1) is 0 Å². The number of rotatable bonds is 1. The second-order valence-electron chi connectivity index (χ2n) is 14.7. The first kappa shape index (κ1) is 25.1. The van der Waals surface area contributed by atoms with E-state index in [1.54, 1.807) is 7.11 Å². The summed E-state index contributed by atoms with van der Waals surface area (Å²) in [6.45, 7) is 17.1. The number of hydrogen-bond donors (Lipinski definition) is 1. The van der Waals surface area contributed by atoms with Crippen LogP contribution in [-0.4, -0.2) is 24.3 Å². The third-order valence-electron chi connectivity index (χ3n) is 12.7. The molecule has 3 heteroatoms. The monoisotopic (exact) mass is 472 g/mol. The van der Waals surface area contributed by atoms with Gasteiger partial charge in [-0.05, 0) is 128 Å². The van der Waals surface area contributed by atoms with E-state index < -0.39 is 0 Å². The molecule has 1 N–H and O–H groups in total. The van der Waals surface area contributed by atoms with Crippen molar-refractivity contribution in [1.82, 2.24) is 0 Å². The van der Waals surface area contributed by atoms with Crippen molar-refractivity contribution >= 4 is 5.97 Å². The smallest absolute Gasteiger partial charge is 0.311 e. The maximum atomic E-state index is 12.9. The fraction of sp³-hybridized carbons (Fsp3) is 0.968. The molecule has 16 atom stereocenters. The van der Waals surface area contributed by atoms with Crippen molar-refractivity contribution < 1.29 is 14.6 Å². The maximum absolute atomic E-state index is 12.9. The molecule has 5 rings (SSSR count). The molecule has 0 heterocycles. The summed E-state index contributed by atoms with van der Waals surface area (Å²) < 4.78 is 5.34. The van der Waals surface area contributed by atoms with Crippen molar-refractivity contribution in [3.8, 4) is 0 Å². The Hall–Kier alpha value is -0.570. The number of methoxy groups -OCH3 is 1. The lowest BCUT2D eigenvalue weighted by Crippen LogP contribution is -2.60. The van der Waals surface area contributed by atoms with Crippen molar-refractivity contribution in [3.05, 3.63) is 0 Å². The van der Waals surface area contributed by atoms with Crippen LogP contribution in [0, 0.1) is 88.3 Å². The highest BCUT2D eigenvalue weighted by molar-refractivity contribution is 5.76. The van der Waals surface area contributed by atoms with Crippen LogP contribution in [-0.2, 0) is 9.53 Å². The Morgan fingerprint density at radius 2 is 1.15 bits per heavy atom. The highest BCUT2D eigenvalue weighted by atomic mass is 16.5. The van der Waals surface area contributed by atoms with Gasteiger partial charge in [0.15, 0.2) is 0 Å². The summed E-state index contributed by atoms with van der Waals surface area (Å²) >= 11 is 0. The van der Waals surface area contributed by atoms with E-state index in [1.807, 2.05) is 0 Å². The van der Waals surface area contributed by atoms with Crippen molar-refractivity contribution in [2.45, 2.75) is 93.1 Å². The third kappa shape index (κ3) is 3.64. The van der Waals surface area contributed by atoms with Crippen LogP contribution in [0.1, 0.15) is 87.0 Å². The van der Waals surface area contributed by atoms with Crippen LogP contribution in [0.4, 0.5) is 0 Å². The first-order chi connectivity index (χ1) is 16.0. The molecule has 0 aliphatic heterocycles. The number of hydrogen-bond acceptors (Lipinski definition) is 3. The van der Waals surface area contributed by atoms with Gasteiger partial charge in [0, 0.05) is 0 Å². The Kier molecular flexibility index (Phi) is 6.48. The van der Waals surface area contributed by atoms with Crippen LogP contribution in [0.3, 0.4) is 0 Å². The molecule has 0 bridgehead atoms. The molecule has 0 saturated heterocycles. The molecular formula is C31H52O3. The van der Waals surface area contributed by atoms with Crippen molar-refractivity contribution in [3.63, 3.8) is 0 Å². The van der Waals surface area contributed by atoms with E-state index in [2.05, 4.69) is 48.5 Å². The van der Waals surface area contributed by atoms with Gasteiger partial charge in [-0.25, -0.2) is 0 Å². The predicted molar refractivity (Wildman–Crippen MR) is 137 cm³/mol. The lowest BCUT2D eigenvalue weighted by atomic mass is 9.40. The zero-order chi connectivity index (χ0) is 24.7. The van der Waals surface area contributed by atoms with E-state index >= 15 is 0 Å². The number of ether oxygens (including phenoxy) is 1. The summed E-state index contributed by atoms with van der Waals surface area (Å²) in [7, 11) is 1.58. The third-order valence-corrected chi connectivity index (χ3v) is 12.7. The molecule has 3 nitrogen and oxygen atoms in total. The number of esters is 1. The van der Waals surface area contributed by atoms with Gasteiger partial charge >= 0.3 is 5.97 Å². The summed E-state index contributed by atoms with van der Waals surface area (Å²) in [5, 5.41) is 10.8. The minimum absolute atomic E-state index is 0.0204. The second-order valence-corrected chi connectivity index (χ2v) is 14.7. The molecule has 0 aromatic rings. The van der Waals surface area contributed by atoms with Gasteiger partial charge in [-0.1, -0.05) is 41.5 Å². The van der Waals surface area contributed by atoms with Gasteiger partial charge in [0.1, 0.15) is 0 Å². The summed E-state index contributed by atoms with van der Waals surface area (Å²) in [5.41, 5.74) is -0.314. The van der Waals surface area contributed by atoms with E-state index in [4.69, 9.17) is 4.74 Å². The lowest BCUT2D eigenvalue weighted by Gasteiger charge is -2.65. The molecule has 194 valence electrons. The van der Waals surface area contributed by atoms with E-state index in [0.717, 1.165) is 66.6 Å². The first-order valence-electron chi connectivity index (χ1n) is 14.7. The second kappa shape index (κ2) is 8.77. The molecule has 0 spiro atoms. The van der Waals surface area contributed by atoms with Gasteiger partial charge < -0.3 is 9.84 Å². The van der Waals surface area contributed by atoms with Gasteiger partial charge in [0.05, 0.1) is 18.6 Å². The van der Waals surface area contributed by atoms with Crippen LogP contribution in [0.15, 0.2) is 0 Å². The number of carbonyl (C=O) groups excluding carboxylic acids is 1. The zero-order valence-corrected chi connectivity index (χ0v) is 23.2. The Balaban J connectivity index is 1.48. The molecule has 5 aliphatic rings. The topological polar surface area (TPSA) is 46.5 Å². The van der Waals surface area contributed by atoms with Gasteiger partial charge in [0.25, 0.3) is 0 Å². The van der Waals surface area contributed by atoms with Crippen LogP contribution in [0.5, 0.6) is 0 Å². The minimum Gasteiger partial charge on any atom is -0.469 e. The normalized spacial score (nSPS) is 59.1. The van der Waals surface area contributed by atoms with E-state index in [-0.39, 0.29) is 17.5 Å². The molecule has 11 unspecified atom stereocenters. The molecule has 5 aliphatic carbocycles. The lowest BCUT2D eigenvalue weighted by molar-refractivity contribution is -0.185. The molecular weight excluding hydrogens is 420 g/mol. The van der Waals surface area contributed by atoms with Crippen LogP contribution in [0.2, 0.25) is 0 Å². The predicted octanol–water partition coefficient (Wildman–Crippen LogP) is 6.68. The van der Waals surface area contributed by atoms with Gasteiger partial charge in [-0.2, -0.15) is 0 Å². The molecule has 0 amide bonds. The van der Waals surface area contributed by atoms with Crippen molar-refractivity contribution in [1.29, 1.82) is 0 Å². The number of aliphatic hydroxyl groups excluding tert-OH is 1. The summed E-state index contributed by atoms with van der Waals surface area (Å²) in [6.07, 6.45) is 6.98. The number of carbonyl (C=O) groups is 1. The molecule has 5 fully saturated rings. The van der Waals surface area contributed by atoms with Crippen LogP contribution in [0.25, 0.3) is 0 Å². The van der Waals surface area contributed by atoms with E-state index in [1.165, 1.54) is 19.3 Å². The van der Waals surface area contributed by atoms with Crippen LogP contribution < -0.4 is 0 Å². The standard InChI is InChI=1S/C31H52O3/c1-15-10-23-22(27-18(4)12-25(32)20(6)26(15)27)11-17(3)29-24-14-31(7,30(33)34-8)13-19(5)21(24)9-16(2)28(23)29/h15-29,32H,9-14H2,1-8H3/t15-,16-,17-,18+,19-,20?,21?,22?,23?,24?,25?,26?,27?,28?,29?,31?/m1/s1. The van der Waals surface area contributed by atoms with E-state index in [0.29, 0.717) is 35.5 Å². The fourth-order valence-corrected chi connectivity index (χ4v) is 11.8.